The Kier molecular flexibility index (Phi) is 3.94. The van der Waals surface area contributed by atoms with E-state index in [9.17, 15) is 9.18 Å². The molecule has 20 heavy (non-hydrogen) atoms. The Hall–Kier alpha value is -2.08. The number of methoxy groups -OCH3 is 2. The van der Waals surface area contributed by atoms with Crippen LogP contribution in [0.4, 0.5) is 10.1 Å². The summed E-state index contributed by atoms with van der Waals surface area (Å²) in [6.07, 6.45) is 0. The maximum Gasteiger partial charge on any atom is 0.350 e. The molecule has 2 rings (SSSR count). The van der Waals surface area contributed by atoms with Gasteiger partial charge in [0.15, 0.2) is 11.6 Å². The van der Waals surface area contributed by atoms with E-state index in [1.54, 1.807) is 13.0 Å². The Morgan fingerprint density at radius 2 is 2.05 bits per heavy atom. The van der Waals surface area contributed by atoms with Crippen molar-refractivity contribution < 1.29 is 18.7 Å². The van der Waals surface area contributed by atoms with Crippen LogP contribution in [0.3, 0.4) is 0 Å². The number of hydrogen-bond donors (Lipinski definition) is 1. The topological polar surface area (TPSA) is 61.5 Å². The Labute approximate surface area is 119 Å². The quantitative estimate of drug-likeness (QED) is 0.883. The highest BCUT2D eigenvalue weighted by molar-refractivity contribution is 7.18. The van der Waals surface area contributed by atoms with Crippen LogP contribution in [0, 0.1) is 12.7 Å². The van der Waals surface area contributed by atoms with Gasteiger partial charge in [0, 0.05) is 4.88 Å². The first-order chi connectivity index (χ1) is 9.49. The van der Waals surface area contributed by atoms with Crippen LogP contribution >= 0.6 is 11.3 Å². The fourth-order valence-electron chi connectivity index (χ4n) is 1.85. The van der Waals surface area contributed by atoms with Gasteiger partial charge in [0.25, 0.3) is 0 Å². The van der Waals surface area contributed by atoms with Crippen LogP contribution < -0.4 is 10.5 Å². The highest BCUT2D eigenvalue weighted by atomic mass is 32.1. The lowest BCUT2D eigenvalue weighted by Gasteiger charge is -2.04. The monoisotopic (exact) mass is 295 g/mol. The third kappa shape index (κ3) is 2.34. The van der Waals surface area contributed by atoms with E-state index in [1.807, 2.05) is 0 Å². The maximum atomic E-state index is 13.8. The lowest BCUT2D eigenvalue weighted by Crippen LogP contribution is -2.01. The summed E-state index contributed by atoms with van der Waals surface area (Å²) in [6, 6.07) is 4.62. The molecule has 0 atom stereocenters. The summed E-state index contributed by atoms with van der Waals surface area (Å²) in [5.74, 6) is -0.782. The normalized spacial score (nSPS) is 10.4. The lowest BCUT2D eigenvalue weighted by molar-refractivity contribution is 0.0607. The minimum atomic E-state index is -0.490. The van der Waals surface area contributed by atoms with E-state index < -0.39 is 11.8 Å². The summed E-state index contributed by atoms with van der Waals surface area (Å²) in [5, 5.41) is 0. The molecule has 0 aliphatic rings. The van der Waals surface area contributed by atoms with Crippen LogP contribution in [0.1, 0.15) is 15.2 Å². The second kappa shape index (κ2) is 5.50. The minimum Gasteiger partial charge on any atom is -0.494 e. The Bertz CT molecular complexity index is 667. The zero-order chi connectivity index (χ0) is 14.9. The van der Waals surface area contributed by atoms with Crippen LogP contribution in [-0.4, -0.2) is 20.2 Å². The molecule has 1 aromatic heterocycles. The van der Waals surface area contributed by atoms with Crippen molar-refractivity contribution in [2.75, 3.05) is 20.0 Å². The van der Waals surface area contributed by atoms with Gasteiger partial charge in [0.1, 0.15) is 4.88 Å². The second-order valence-corrected chi connectivity index (χ2v) is 5.16. The van der Waals surface area contributed by atoms with E-state index in [1.165, 1.54) is 37.7 Å². The molecule has 0 aliphatic heterocycles. The van der Waals surface area contributed by atoms with E-state index in [2.05, 4.69) is 4.74 Å². The summed E-state index contributed by atoms with van der Waals surface area (Å²) in [4.78, 5) is 12.7. The number of rotatable bonds is 3. The SMILES string of the molecule is COC(=O)c1sc(-c2ccc(OC)c(F)c2)c(C)c1N. The molecule has 0 fully saturated rings. The van der Waals surface area contributed by atoms with Crippen LogP contribution in [0.15, 0.2) is 18.2 Å². The Morgan fingerprint density at radius 1 is 1.35 bits per heavy atom. The van der Waals surface area contributed by atoms with E-state index in [4.69, 9.17) is 10.5 Å². The molecule has 0 aliphatic carbocycles. The molecule has 2 aromatic rings. The minimum absolute atomic E-state index is 0.170. The van der Waals surface area contributed by atoms with Crippen molar-refractivity contribution in [3.63, 3.8) is 0 Å². The van der Waals surface area contributed by atoms with Crippen molar-refractivity contribution in [3.8, 4) is 16.2 Å². The first-order valence-corrected chi connectivity index (χ1v) is 6.62. The fraction of sp³-hybridized carbons (Fsp3) is 0.214. The zero-order valence-electron chi connectivity index (χ0n) is 11.3. The average Bonchev–Trinajstić information content (AvgIpc) is 2.74. The van der Waals surface area contributed by atoms with Crippen molar-refractivity contribution in [2.45, 2.75) is 6.92 Å². The molecule has 0 saturated heterocycles. The standard InChI is InChI=1S/C14H14FNO3S/c1-7-11(16)13(14(17)19-3)20-12(7)8-4-5-10(18-2)9(15)6-8/h4-6H,16H2,1-3H3. The lowest BCUT2D eigenvalue weighted by atomic mass is 10.1. The number of nitrogen functional groups attached to an aromatic ring is 1. The molecule has 0 spiro atoms. The van der Waals surface area contributed by atoms with Crippen molar-refractivity contribution in [2.24, 2.45) is 0 Å². The smallest absolute Gasteiger partial charge is 0.350 e. The molecule has 0 saturated carbocycles. The van der Waals surface area contributed by atoms with Crippen molar-refractivity contribution >= 4 is 23.0 Å². The van der Waals surface area contributed by atoms with E-state index in [-0.39, 0.29) is 5.75 Å². The third-order valence-corrected chi connectivity index (χ3v) is 4.31. The van der Waals surface area contributed by atoms with Crippen molar-refractivity contribution in [3.05, 3.63) is 34.5 Å². The number of anilines is 1. The molecule has 0 bridgehead atoms. The third-order valence-electron chi connectivity index (χ3n) is 2.98. The summed E-state index contributed by atoms with van der Waals surface area (Å²) >= 11 is 1.19. The largest absolute Gasteiger partial charge is 0.494 e. The van der Waals surface area contributed by atoms with Crippen molar-refractivity contribution in [1.82, 2.24) is 0 Å². The van der Waals surface area contributed by atoms with Crippen LogP contribution in [0.25, 0.3) is 10.4 Å². The fourth-order valence-corrected chi connectivity index (χ4v) is 3.00. The van der Waals surface area contributed by atoms with E-state index >= 15 is 0 Å². The van der Waals surface area contributed by atoms with Gasteiger partial charge >= 0.3 is 5.97 Å². The highest BCUT2D eigenvalue weighted by Crippen LogP contribution is 2.39. The second-order valence-electron chi connectivity index (χ2n) is 4.14. The average molecular weight is 295 g/mol. The van der Waals surface area contributed by atoms with Gasteiger partial charge in [0.2, 0.25) is 0 Å². The number of carbonyl (C=O) groups is 1. The van der Waals surface area contributed by atoms with E-state index in [0.717, 1.165) is 10.4 Å². The van der Waals surface area contributed by atoms with Crippen molar-refractivity contribution in [1.29, 1.82) is 0 Å². The first-order valence-electron chi connectivity index (χ1n) is 5.80. The maximum absolute atomic E-state index is 13.8. The molecule has 0 unspecified atom stereocenters. The Morgan fingerprint density at radius 3 is 2.60 bits per heavy atom. The molecule has 0 radical (unpaired) electrons. The molecular formula is C14H14FNO3S. The molecule has 1 heterocycles. The van der Waals surface area contributed by atoms with Gasteiger partial charge < -0.3 is 15.2 Å². The number of thiophene rings is 1. The summed E-state index contributed by atoms with van der Waals surface area (Å²) in [5.41, 5.74) is 7.65. The van der Waals surface area contributed by atoms with Crippen LogP contribution in [0.2, 0.25) is 0 Å². The van der Waals surface area contributed by atoms with Gasteiger partial charge in [-0.3, -0.25) is 0 Å². The number of hydrogen-bond acceptors (Lipinski definition) is 5. The molecule has 4 nitrogen and oxygen atoms in total. The highest BCUT2D eigenvalue weighted by Gasteiger charge is 2.20. The molecule has 2 N–H and O–H groups in total. The molecule has 0 amide bonds. The predicted molar refractivity (Wildman–Crippen MR) is 76.8 cm³/mol. The predicted octanol–water partition coefficient (Wildman–Crippen LogP) is 3.24. The first kappa shape index (κ1) is 14.3. The van der Waals surface area contributed by atoms with Gasteiger partial charge in [-0.1, -0.05) is 0 Å². The number of ether oxygens (including phenoxy) is 2. The summed E-state index contributed by atoms with van der Waals surface area (Å²) < 4.78 is 23.3. The number of nitrogens with two attached hydrogens (primary N) is 1. The van der Waals surface area contributed by atoms with Gasteiger partial charge in [0.05, 0.1) is 19.9 Å². The summed E-state index contributed by atoms with van der Waals surface area (Å²) in [7, 11) is 2.70. The Balaban J connectivity index is 2.53. The number of esters is 1. The molecule has 1 aromatic carbocycles. The van der Waals surface area contributed by atoms with Crippen LogP contribution in [0.5, 0.6) is 5.75 Å². The van der Waals surface area contributed by atoms with Gasteiger partial charge in [-0.25, -0.2) is 9.18 Å². The zero-order valence-corrected chi connectivity index (χ0v) is 12.1. The van der Waals surface area contributed by atoms with Gasteiger partial charge in [-0.15, -0.1) is 11.3 Å². The number of benzene rings is 1. The van der Waals surface area contributed by atoms with Crippen LogP contribution in [-0.2, 0) is 4.74 Å². The molecular weight excluding hydrogens is 281 g/mol. The number of carbonyl (C=O) groups excluding carboxylic acids is 1. The summed E-state index contributed by atoms with van der Waals surface area (Å²) in [6.45, 7) is 1.79. The van der Waals surface area contributed by atoms with Gasteiger partial charge in [-0.05, 0) is 36.2 Å². The number of halogens is 1. The molecule has 106 valence electrons. The van der Waals surface area contributed by atoms with E-state index in [0.29, 0.717) is 16.1 Å². The van der Waals surface area contributed by atoms with Gasteiger partial charge in [-0.2, -0.15) is 0 Å². The molecule has 6 heteroatoms.